The number of alkyl halides is 1. The second kappa shape index (κ2) is 6.50. The van der Waals surface area contributed by atoms with E-state index in [9.17, 15) is 4.79 Å². The van der Waals surface area contributed by atoms with Crippen molar-refractivity contribution in [3.8, 4) is 11.5 Å². The van der Waals surface area contributed by atoms with Gasteiger partial charge in [-0.1, -0.05) is 0 Å². The van der Waals surface area contributed by atoms with Crippen molar-refractivity contribution in [3.63, 3.8) is 0 Å². The van der Waals surface area contributed by atoms with E-state index in [0.717, 1.165) is 0 Å². The first-order valence-corrected chi connectivity index (χ1v) is 6.09. The van der Waals surface area contributed by atoms with Gasteiger partial charge in [-0.3, -0.25) is 4.79 Å². The highest BCUT2D eigenvalue weighted by atomic mass is 35.5. The minimum Gasteiger partial charge on any atom is -0.497 e. The number of nitrogens with one attached hydrogen (secondary N) is 1. The monoisotopic (exact) mass is 271 g/mol. The van der Waals surface area contributed by atoms with E-state index in [0.29, 0.717) is 17.1 Å². The highest BCUT2D eigenvalue weighted by molar-refractivity contribution is 6.30. The molecule has 1 unspecified atom stereocenters. The third-order valence-corrected chi connectivity index (χ3v) is 2.78. The van der Waals surface area contributed by atoms with Gasteiger partial charge in [-0.15, -0.1) is 11.6 Å². The molecule has 0 fully saturated rings. The summed E-state index contributed by atoms with van der Waals surface area (Å²) in [5.41, 5.74) is 0.644. The number of benzene rings is 1. The summed E-state index contributed by atoms with van der Waals surface area (Å²) in [6.45, 7) is 3.77. The molecule has 1 atom stereocenters. The van der Waals surface area contributed by atoms with Gasteiger partial charge in [0.25, 0.3) is 0 Å². The van der Waals surface area contributed by atoms with Gasteiger partial charge < -0.3 is 14.8 Å². The number of carbonyl (C=O) groups excluding carboxylic acids is 1. The number of ether oxygens (including phenoxy) is 2. The summed E-state index contributed by atoms with van der Waals surface area (Å²) >= 11 is 6.14. The van der Waals surface area contributed by atoms with Crippen molar-refractivity contribution in [2.45, 2.75) is 25.3 Å². The molecular weight excluding hydrogens is 254 g/mol. The highest BCUT2D eigenvalue weighted by Gasteiger charge is 2.19. The zero-order valence-corrected chi connectivity index (χ0v) is 11.7. The molecule has 0 saturated carbocycles. The summed E-state index contributed by atoms with van der Waals surface area (Å²) in [5, 5.41) is 2.00. The van der Waals surface area contributed by atoms with E-state index in [-0.39, 0.29) is 11.9 Å². The summed E-state index contributed by atoms with van der Waals surface area (Å²) < 4.78 is 10.3. The number of halogens is 1. The molecule has 0 radical (unpaired) electrons. The van der Waals surface area contributed by atoms with Crippen LogP contribution in [0.25, 0.3) is 0 Å². The second-order valence-corrected chi connectivity index (χ2v) is 4.61. The Balaban J connectivity index is 2.97. The largest absolute Gasteiger partial charge is 0.497 e. The van der Waals surface area contributed by atoms with Gasteiger partial charge in [-0.25, -0.2) is 0 Å². The number of hydrogen-bond donors (Lipinski definition) is 1. The van der Waals surface area contributed by atoms with Crippen molar-refractivity contribution < 1.29 is 14.3 Å². The van der Waals surface area contributed by atoms with Crippen LogP contribution in [0.1, 0.15) is 24.8 Å². The fourth-order valence-electron chi connectivity index (χ4n) is 1.48. The molecule has 0 bridgehead atoms. The SMILES string of the molecule is COc1cc(OC)cc(C(Cl)C(=O)NC(C)C)c1. The molecule has 0 aliphatic carbocycles. The molecule has 1 N–H and O–H groups in total. The van der Waals surface area contributed by atoms with Gasteiger partial charge in [-0.2, -0.15) is 0 Å². The molecule has 5 heteroatoms. The van der Waals surface area contributed by atoms with Gasteiger partial charge in [0, 0.05) is 12.1 Å². The predicted molar refractivity (Wildman–Crippen MR) is 71.4 cm³/mol. The number of rotatable bonds is 5. The van der Waals surface area contributed by atoms with Gasteiger partial charge in [0.05, 0.1) is 14.2 Å². The van der Waals surface area contributed by atoms with Crippen molar-refractivity contribution in [1.29, 1.82) is 0 Å². The summed E-state index contributed by atoms with van der Waals surface area (Å²) in [4.78, 5) is 11.8. The van der Waals surface area contributed by atoms with Crippen LogP contribution in [0.2, 0.25) is 0 Å². The third-order valence-electron chi connectivity index (χ3n) is 2.33. The summed E-state index contributed by atoms with van der Waals surface area (Å²) in [5.74, 6) is 0.974. The average Bonchev–Trinajstić information content (AvgIpc) is 2.36. The summed E-state index contributed by atoms with van der Waals surface area (Å²) in [6.07, 6.45) is 0. The molecule has 18 heavy (non-hydrogen) atoms. The number of hydrogen-bond acceptors (Lipinski definition) is 3. The van der Waals surface area contributed by atoms with Gasteiger partial charge >= 0.3 is 0 Å². The van der Waals surface area contributed by atoms with Gasteiger partial charge in [0.1, 0.15) is 16.9 Å². The molecule has 0 saturated heterocycles. The maximum Gasteiger partial charge on any atom is 0.242 e. The molecule has 1 amide bonds. The Morgan fingerprint density at radius 1 is 1.17 bits per heavy atom. The number of carbonyl (C=O) groups is 1. The van der Waals surface area contributed by atoms with Gasteiger partial charge in [0.15, 0.2) is 0 Å². The molecule has 0 aromatic heterocycles. The lowest BCUT2D eigenvalue weighted by atomic mass is 10.1. The van der Waals surface area contributed by atoms with Crippen LogP contribution in [0.15, 0.2) is 18.2 Å². The number of methoxy groups -OCH3 is 2. The average molecular weight is 272 g/mol. The second-order valence-electron chi connectivity index (χ2n) is 4.17. The maximum absolute atomic E-state index is 11.8. The molecule has 1 aromatic carbocycles. The first-order chi connectivity index (χ1) is 8.47. The third kappa shape index (κ3) is 3.81. The zero-order valence-electron chi connectivity index (χ0n) is 11.0. The predicted octanol–water partition coefficient (Wildman–Crippen LogP) is 2.51. The Morgan fingerprint density at radius 3 is 2.06 bits per heavy atom. The van der Waals surface area contributed by atoms with Crippen molar-refractivity contribution >= 4 is 17.5 Å². The van der Waals surface area contributed by atoms with Crippen molar-refractivity contribution in [2.24, 2.45) is 0 Å². The Kier molecular flexibility index (Phi) is 5.28. The molecular formula is C13H18ClNO3. The van der Waals surface area contributed by atoms with Gasteiger partial charge in [0.2, 0.25) is 5.91 Å². The van der Waals surface area contributed by atoms with Crippen molar-refractivity contribution in [3.05, 3.63) is 23.8 Å². The molecule has 0 aliphatic rings. The first-order valence-electron chi connectivity index (χ1n) is 5.65. The van der Waals surface area contributed by atoms with Crippen LogP contribution in [0, 0.1) is 0 Å². The van der Waals surface area contributed by atoms with Crippen LogP contribution < -0.4 is 14.8 Å². The quantitative estimate of drug-likeness (QED) is 0.837. The zero-order chi connectivity index (χ0) is 13.7. The highest BCUT2D eigenvalue weighted by Crippen LogP contribution is 2.29. The maximum atomic E-state index is 11.8. The molecule has 1 rings (SSSR count). The van der Waals surface area contributed by atoms with E-state index < -0.39 is 5.38 Å². The van der Waals surface area contributed by atoms with Crippen LogP contribution in [0.5, 0.6) is 11.5 Å². The van der Waals surface area contributed by atoms with Gasteiger partial charge in [-0.05, 0) is 31.5 Å². The van der Waals surface area contributed by atoms with Crippen LogP contribution in [0.4, 0.5) is 0 Å². The van der Waals surface area contributed by atoms with Crippen molar-refractivity contribution in [1.82, 2.24) is 5.32 Å². The molecule has 4 nitrogen and oxygen atoms in total. The van der Waals surface area contributed by atoms with E-state index in [2.05, 4.69) is 5.32 Å². The molecule has 0 aliphatic heterocycles. The Labute approximate surface area is 112 Å². The van der Waals surface area contributed by atoms with E-state index in [1.165, 1.54) is 0 Å². The molecule has 1 aromatic rings. The van der Waals surface area contributed by atoms with Crippen LogP contribution in [0.3, 0.4) is 0 Å². The molecule has 100 valence electrons. The Bertz CT molecular complexity index is 398. The fourth-order valence-corrected chi connectivity index (χ4v) is 1.67. The summed E-state index contributed by atoms with van der Waals surface area (Å²) in [6, 6.07) is 5.22. The van der Waals surface area contributed by atoms with E-state index in [1.54, 1.807) is 32.4 Å². The summed E-state index contributed by atoms with van der Waals surface area (Å²) in [7, 11) is 3.10. The van der Waals surface area contributed by atoms with Crippen LogP contribution in [-0.2, 0) is 4.79 Å². The number of amides is 1. The lowest BCUT2D eigenvalue weighted by molar-refractivity contribution is -0.121. The van der Waals surface area contributed by atoms with Crippen LogP contribution in [-0.4, -0.2) is 26.2 Å². The topological polar surface area (TPSA) is 47.6 Å². The lowest BCUT2D eigenvalue weighted by Gasteiger charge is -2.15. The van der Waals surface area contributed by atoms with Crippen molar-refractivity contribution in [2.75, 3.05) is 14.2 Å². The standard InChI is InChI=1S/C13H18ClNO3/c1-8(2)15-13(16)12(14)9-5-10(17-3)7-11(6-9)18-4/h5-8,12H,1-4H3,(H,15,16). The normalized spacial score (nSPS) is 12.1. The van der Waals surface area contributed by atoms with E-state index in [4.69, 9.17) is 21.1 Å². The molecule has 0 heterocycles. The van der Waals surface area contributed by atoms with Crippen LogP contribution >= 0.6 is 11.6 Å². The minimum atomic E-state index is -0.767. The van der Waals surface area contributed by atoms with E-state index in [1.807, 2.05) is 13.8 Å². The first kappa shape index (κ1) is 14.6. The smallest absolute Gasteiger partial charge is 0.242 e. The Morgan fingerprint density at radius 2 is 1.67 bits per heavy atom. The fraction of sp³-hybridized carbons (Fsp3) is 0.462. The lowest BCUT2D eigenvalue weighted by Crippen LogP contribution is -2.32. The van der Waals surface area contributed by atoms with E-state index >= 15 is 0 Å². The molecule has 0 spiro atoms. The Hall–Kier alpha value is -1.42. The minimum absolute atomic E-state index is 0.0475.